The molecule has 18 heavy (non-hydrogen) atoms. The molecule has 1 heterocycles. The summed E-state index contributed by atoms with van der Waals surface area (Å²) in [5.41, 5.74) is 0. The standard InChI is InChI=1S/C15H32NO.ClH/c1-3-4-5-6-7-8-9-10-11-12-16(2)13-15(17)14-16;/h15,17H,3-14H2,1-2H3;1H/q+1;/p-1. The molecular formula is C15H32ClNO. The largest absolute Gasteiger partial charge is 1.00 e. The molecule has 0 amide bonds. The number of hydrogen-bond acceptors (Lipinski definition) is 1. The van der Waals surface area contributed by atoms with E-state index in [0.717, 1.165) is 17.6 Å². The highest BCUT2D eigenvalue weighted by molar-refractivity contribution is 4.64. The van der Waals surface area contributed by atoms with Crippen molar-refractivity contribution < 1.29 is 22.0 Å². The van der Waals surface area contributed by atoms with Gasteiger partial charge >= 0.3 is 0 Å². The first kappa shape index (κ1) is 18.2. The van der Waals surface area contributed by atoms with Gasteiger partial charge in [0, 0.05) is 0 Å². The average molecular weight is 278 g/mol. The summed E-state index contributed by atoms with van der Waals surface area (Å²) in [6, 6.07) is 0. The first-order valence-corrected chi connectivity index (χ1v) is 7.68. The van der Waals surface area contributed by atoms with E-state index in [4.69, 9.17) is 0 Å². The fraction of sp³-hybridized carbons (Fsp3) is 1.00. The summed E-state index contributed by atoms with van der Waals surface area (Å²) in [5.74, 6) is 0. The number of aliphatic hydroxyl groups excluding tert-OH is 1. The first-order chi connectivity index (χ1) is 8.16. The van der Waals surface area contributed by atoms with E-state index in [2.05, 4.69) is 14.0 Å². The van der Waals surface area contributed by atoms with Gasteiger partial charge in [0.25, 0.3) is 0 Å². The van der Waals surface area contributed by atoms with Gasteiger partial charge in [0.2, 0.25) is 0 Å². The molecule has 0 aromatic heterocycles. The van der Waals surface area contributed by atoms with Crippen molar-refractivity contribution in [1.29, 1.82) is 0 Å². The molecule has 0 unspecified atom stereocenters. The summed E-state index contributed by atoms with van der Waals surface area (Å²) in [4.78, 5) is 0. The zero-order chi connectivity index (χ0) is 12.6. The molecule has 2 nitrogen and oxygen atoms in total. The van der Waals surface area contributed by atoms with E-state index >= 15 is 0 Å². The van der Waals surface area contributed by atoms with Crippen LogP contribution in [0.4, 0.5) is 0 Å². The van der Waals surface area contributed by atoms with Gasteiger partial charge in [0.1, 0.15) is 13.1 Å². The Balaban J connectivity index is 0.00000289. The summed E-state index contributed by atoms with van der Waals surface area (Å²) in [6.45, 7) is 5.51. The van der Waals surface area contributed by atoms with E-state index < -0.39 is 0 Å². The minimum Gasteiger partial charge on any atom is -1.00 e. The number of halogens is 1. The van der Waals surface area contributed by atoms with Crippen LogP contribution < -0.4 is 12.4 Å². The molecule has 0 aliphatic carbocycles. The molecule has 0 aromatic rings. The number of aliphatic hydroxyl groups is 1. The van der Waals surface area contributed by atoms with Crippen LogP contribution >= 0.6 is 0 Å². The van der Waals surface area contributed by atoms with E-state index in [1.807, 2.05) is 0 Å². The van der Waals surface area contributed by atoms with E-state index in [1.54, 1.807) is 0 Å². The lowest BCUT2D eigenvalue weighted by Gasteiger charge is -2.45. The molecule has 1 N–H and O–H groups in total. The Morgan fingerprint density at radius 1 is 0.889 bits per heavy atom. The number of rotatable bonds is 10. The van der Waals surface area contributed by atoms with Crippen molar-refractivity contribution in [3.05, 3.63) is 0 Å². The summed E-state index contributed by atoms with van der Waals surface area (Å²) in [5, 5.41) is 9.31. The van der Waals surface area contributed by atoms with Gasteiger partial charge < -0.3 is 22.0 Å². The van der Waals surface area contributed by atoms with Crippen LogP contribution in [0.5, 0.6) is 0 Å². The van der Waals surface area contributed by atoms with Gasteiger partial charge in [-0.2, -0.15) is 0 Å². The van der Waals surface area contributed by atoms with Crippen LogP contribution in [0.15, 0.2) is 0 Å². The fourth-order valence-electron chi connectivity index (χ4n) is 2.95. The van der Waals surface area contributed by atoms with E-state index in [-0.39, 0.29) is 18.5 Å². The van der Waals surface area contributed by atoms with Gasteiger partial charge in [-0.1, -0.05) is 51.9 Å². The highest BCUT2D eigenvalue weighted by Crippen LogP contribution is 2.19. The molecule has 1 rings (SSSR count). The van der Waals surface area contributed by atoms with Crippen molar-refractivity contribution in [1.82, 2.24) is 0 Å². The van der Waals surface area contributed by atoms with Crippen molar-refractivity contribution >= 4 is 0 Å². The van der Waals surface area contributed by atoms with Crippen LogP contribution in [-0.4, -0.2) is 42.4 Å². The normalized spacial score (nSPS) is 26.5. The molecule has 0 bridgehead atoms. The Bertz CT molecular complexity index is 193. The number of likely N-dealkylation sites (tertiary alicyclic amines) is 1. The minimum atomic E-state index is -0.0152. The average Bonchev–Trinajstić information content (AvgIpc) is 2.25. The monoisotopic (exact) mass is 277 g/mol. The zero-order valence-electron chi connectivity index (χ0n) is 12.3. The third-order valence-electron chi connectivity index (χ3n) is 4.10. The number of likely N-dealkylation sites (N-methyl/N-ethyl adjacent to an activating group) is 1. The molecule has 0 radical (unpaired) electrons. The van der Waals surface area contributed by atoms with Crippen LogP contribution in [0.2, 0.25) is 0 Å². The third kappa shape index (κ3) is 7.60. The lowest BCUT2D eigenvalue weighted by Crippen LogP contribution is -3.00. The molecule has 1 aliphatic rings. The van der Waals surface area contributed by atoms with Crippen LogP contribution in [-0.2, 0) is 0 Å². The van der Waals surface area contributed by atoms with Crippen molar-refractivity contribution in [2.24, 2.45) is 0 Å². The highest BCUT2D eigenvalue weighted by Gasteiger charge is 2.38. The Morgan fingerprint density at radius 3 is 1.78 bits per heavy atom. The first-order valence-electron chi connectivity index (χ1n) is 7.68. The molecular weight excluding hydrogens is 246 g/mol. The Morgan fingerprint density at radius 2 is 1.33 bits per heavy atom. The Hall–Kier alpha value is 0.210. The lowest BCUT2D eigenvalue weighted by atomic mass is 10.0. The number of hydrogen-bond donors (Lipinski definition) is 1. The minimum absolute atomic E-state index is 0. The number of quaternary nitrogens is 1. The van der Waals surface area contributed by atoms with E-state index in [9.17, 15) is 5.11 Å². The smallest absolute Gasteiger partial charge is 0.152 e. The van der Waals surface area contributed by atoms with Gasteiger partial charge in [0.15, 0.2) is 6.10 Å². The maximum absolute atomic E-state index is 9.31. The van der Waals surface area contributed by atoms with Crippen molar-refractivity contribution in [3.8, 4) is 0 Å². The van der Waals surface area contributed by atoms with Crippen LogP contribution in [0, 0.1) is 0 Å². The van der Waals surface area contributed by atoms with Crippen molar-refractivity contribution in [2.75, 3.05) is 26.7 Å². The lowest BCUT2D eigenvalue weighted by molar-refractivity contribution is -0.955. The molecule has 0 aromatic carbocycles. The summed E-state index contributed by atoms with van der Waals surface area (Å²) < 4.78 is 1.11. The molecule has 0 spiro atoms. The van der Waals surface area contributed by atoms with E-state index in [1.165, 1.54) is 64.3 Å². The molecule has 110 valence electrons. The maximum atomic E-state index is 9.31. The predicted octanol–water partition coefficient (Wildman–Crippen LogP) is 0.342. The third-order valence-corrected chi connectivity index (χ3v) is 4.10. The number of unbranched alkanes of at least 4 members (excludes halogenated alkanes) is 8. The van der Waals surface area contributed by atoms with E-state index in [0.29, 0.717) is 0 Å². The molecule has 1 saturated heterocycles. The fourth-order valence-corrected chi connectivity index (χ4v) is 2.95. The van der Waals surface area contributed by atoms with Crippen LogP contribution in [0.1, 0.15) is 64.7 Å². The van der Waals surface area contributed by atoms with Gasteiger partial charge in [-0.05, 0) is 12.8 Å². The summed E-state index contributed by atoms with van der Waals surface area (Å²) in [7, 11) is 2.28. The Labute approximate surface area is 120 Å². The summed E-state index contributed by atoms with van der Waals surface area (Å²) >= 11 is 0. The highest BCUT2D eigenvalue weighted by atomic mass is 35.5. The quantitative estimate of drug-likeness (QED) is 0.451. The van der Waals surface area contributed by atoms with Crippen LogP contribution in [0.25, 0.3) is 0 Å². The maximum Gasteiger partial charge on any atom is 0.152 e. The predicted molar refractivity (Wildman–Crippen MR) is 74.0 cm³/mol. The topological polar surface area (TPSA) is 20.2 Å². The Kier molecular flexibility index (Phi) is 10.2. The summed E-state index contributed by atoms with van der Waals surface area (Å²) in [6.07, 6.45) is 12.6. The van der Waals surface area contributed by atoms with Crippen molar-refractivity contribution in [3.63, 3.8) is 0 Å². The zero-order valence-corrected chi connectivity index (χ0v) is 13.1. The molecule has 0 atom stereocenters. The SMILES string of the molecule is CCCCCCCCCCC[N+]1(C)CC(O)C1.[Cl-]. The molecule has 3 heteroatoms. The molecule has 0 saturated carbocycles. The van der Waals surface area contributed by atoms with Gasteiger partial charge in [-0.3, -0.25) is 0 Å². The van der Waals surface area contributed by atoms with Crippen LogP contribution in [0.3, 0.4) is 0 Å². The second-order valence-corrected chi connectivity index (χ2v) is 6.19. The molecule has 1 fully saturated rings. The van der Waals surface area contributed by atoms with Gasteiger partial charge in [0.05, 0.1) is 13.6 Å². The van der Waals surface area contributed by atoms with Crippen molar-refractivity contribution in [2.45, 2.75) is 70.8 Å². The van der Waals surface area contributed by atoms with Gasteiger partial charge in [-0.15, -0.1) is 0 Å². The van der Waals surface area contributed by atoms with Gasteiger partial charge in [-0.25, -0.2) is 0 Å². The second-order valence-electron chi connectivity index (χ2n) is 6.19. The second kappa shape index (κ2) is 10.1. The number of nitrogens with zero attached hydrogens (tertiary/aromatic N) is 1. The molecule has 1 aliphatic heterocycles.